The number of hydrogen-bond acceptors (Lipinski definition) is 5. The molecular weight excluding hydrogens is 377 g/mol. The van der Waals surface area contributed by atoms with E-state index in [1.54, 1.807) is 18.2 Å². The highest BCUT2D eigenvalue weighted by molar-refractivity contribution is 7.99. The zero-order valence-electron chi connectivity index (χ0n) is 15.1. The van der Waals surface area contributed by atoms with E-state index in [2.05, 4.69) is 10.2 Å². The molecule has 28 heavy (non-hydrogen) atoms. The highest BCUT2D eigenvalue weighted by Crippen LogP contribution is 2.41. The highest BCUT2D eigenvalue weighted by atomic mass is 32.2. The Labute approximate surface area is 165 Å². The number of nitrogens with zero attached hydrogens (tertiary/aromatic N) is 3. The predicted octanol–water partition coefficient (Wildman–Crippen LogP) is 4.33. The second-order valence-corrected chi connectivity index (χ2v) is 7.96. The van der Waals surface area contributed by atoms with Crippen molar-refractivity contribution < 1.29 is 13.9 Å². The van der Waals surface area contributed by atoms with E-state index in [1.807, 2.05) is 22.8 Å². The number of halogens is 1. The molecule has 1 aliphatic heterocycles. The number of rotatable bonds is 6. The standard InChI is InChI=1S/C21H18FN3O2S/c22-17-4-2-1-3-16(17)20-23-24-21(25(20)15-6-7-15)28-12-18(26)13-5-8-19-14(11-13)9-10-27-19/h1-5,8,11,15H,6-7,9-10,12H2. The Kier molecular flexibility index (Phi) is 4.39. The Morgan fingerprint density at radius 2 is 2.07 bits per heavy atom. The van der Waals surface area contributed by atoms with Gasteiger partial charge in [-0.1, -0.05) is 23.9 Å². The second kappa shape index (κ2) is 7.05. The minimum Gasteiger partial charge on any atom is -0.493 e. The summed E-state index contributed by atoms with van der Waals surface area (Å²) in [5.74, 6) is 1.39. The van der Waals surface area contributed by atoms with Gasteiger partial charge in [0, 0.05) is 18.0 Å². The molecule has 0 saturated heterocycles. The van der Waals surface area contributed by atoms with Gasteiger partial charge in [0.15, 0.2) is 16.8 Å². The average Bonchev–Trinajstić information content (AvgIpc) is 3.28. The van der Waals surface area contributed by atoms with E-state index in [0.717, 1.165) is 30.6 Å². The van der Waals surface area contributed by atoms with Crippen molar-refractivity contribution in [3.8, 4) is 17.1 Å². The summed E-state index contributed by atoms with van der Waals surface area (Å²) in [5, 5.41) is 9.15. The Balaban J connectivity index is 1.37. The molecule has 0 radical (unpaired) electrons. The minimum atomic E-state index is -0.315. The first kappa shape index (κ1) is 17.4. The SMILES string of the molecule is O=C(CSc1nnc(-c2ccccc2F)n1C1CC1)c1ccc2c(c1)CCO2. The van der Waals surface area contributed by atoms with E-state index in [9.17, 15) is 9.18 Å². The average molecular weight is 395 g/mol. The molecule has 0 unspecified atom stereocenters. The summed E-state index contributed by atoms with van der Waals surface area (Å²) in [6, 6.07) is 12.5. The molecular formula is C21H18FN3O2S. The molecule has 1 saturated carbocycles. The summed E-state index contributed by atoms with van der Waals surface area (Å²) >= 11 is 1.36. The number of benzene rings is 2. The second-order valence-electron chi connectivity index (χ2n) is 7.02. The lowest BCUT2D eigenvalue weighted by Crippen LogP contribution is -2.06. The van der Waals surface area contributed by atoms with Crippen LogP contribution < -0.4 is 4.74 Å². The molecule has 1 fully saturated rings. The van der Waals surface area contributed by atoms with E-state index in [1.165, 1.54) is 17.8 Å². The van der Waals surface area contributed by atoms with Crippen molar-refractivity contribution >= 4 is 17.5 Å². The van der Waals surface area contributed by atoms with Crippen molar-refractivity contribution in [1.29, 1.82) is 0 Å². The summed E-state index contributed by atoms with van der Waals surface area (Å²) in [6.07, 6.45) is 2.88. The Morgan fingerprint density at radius 1 is 1.21 bits per heavy atom. The third-order valence-electron chi connectivity index (χ3n) is 5.04. The fraction of sp³-hybridized carbons (Fsp3) is 0.286. The summed E-state index contributed by atoms with van der Waals surface area (Å²) in [7, 11) is 0. The smallest absolute Gasteiger partial charge is 0.192 e. The van der Waals surface area contributed by atoms with Crippen molar-refractivity contribution in [3.05, 3.63) is 59.4 Å². The van der Waals surface area contributed by atoms with Crippen LogP contribution in [0.1, 0.15) is 34.8 Å². The van der Waals surface area contributed by atoms with Crippen LogP contribution in [0.25, 0.3) is 11.4 Å². The molecule has 3 aromatic rings. The number of ether oxygens (including phenoxy) is 1. The fourth-order valence-corrected chi connectivity index (χ4v) is 4.34. The number of ketones is 1. The minimum absolute atomic E-state index is 0.0393. The van der Waals surface area contributed by atoms with E-state index < -0.39 is 0 Å². The third-order valence-corrected chi connectivity index (χ3v) is 5.98. The van der Waals surface area contributed by atoms with Gasteiger partial charge in [-0.3, -0.25) is 9.36 Å². The van der Waals surface area contributed by atoms with E-state index in [4.69, 9.17) is 4.74 Å². The topological polar surface area (TPSA) is 57.0 Å². The van der Waals surface area contributed by atoms with Gasteiger partial charge in [-0.2, -0.15) is 0 Å². The van der Waals surface area contributed by atoms with Crippen molar-refractivity contribution in [2.45, 2.75) is 30.5 Å². The Morgan fingerprint density at radius 3 is 2.89 bits per heavy atom. The van der Waals surface area contributed by atoms with Gasteiger partial charge in [0.2, 0.25) is 0 Å². The molecule has 1 aromatic heterocycles. The number of carbonyl (C=O) groups is 1. The van der Waals surface area contributed by atoms with Crippen molar-refractivity contribution in [3.63, 3.8) is 0 Å². The lowest BCUT2D eigenvalue weighted by atomic mass is 10.1. The zero-order chi connectivity index (χ0) is 19.1. The largest absolute Gasteiger partial charge is 0.493 e. The molecule has 7 heteroatoms. The van der Waals surface area contributed by atoms with Crippen molar-refractivity contribution in [2.24, 2.45) is 0 Å². The number of Topliss-reactive ketones (excluding diaryl/α,β-unsaturated/α-hetero) is 1. The number of fused-ring (bicyclic) bond motifs is 1. The normalized spacial score (nSPS) is 15.3. The molecule has 1 aliphatic carbocycles. The maximum atomic E-state index is 14.2. The summed E-state index contributed by atoms with van der Waals surface area (Å²) in [4.78, 5) is 12.7. The molecule has 2 aliphatic rings. The van der Waals surface area contributed by atoms with Gasteiger partial charge < -0.3 is 4.74 Å². The van der Waals surface area contributed by atoms with Crippen molar-refractivity contribution in [2.75, 3.05) is 12.4 Å². The molecule has 142 valence electrons. The predicted molar refractivity (Wildman–Crippen MR) is 104 cm³/mol. The van der Waals surface area contributed by atoms with Gasteiger partial charge in [0.05, 0.1) is 17.9 Å². The van der Waals surface area contributed by atoms with Gasteiger partial charge in [-0.05, 0) is 48.7 Å². The van der Waals surface area contributed by atoms with Gasteiger partial charge in [0.25, 0.3) is 0 Å². The Bertz CT molecular complexity index is 1060. The van der Waals surface area contributed by atoms with Crippen LogP contribution in [-0.2, 0) is 6.42 Å². The summed E-state index contributed by atoms with van der Waals surface area (Å²) < 4.78 is 21.7. The van der Waals surface area contributed by atoms with E-state index in [-0.39, 0.29) is 23.4 Å². The molecule has 5 nitrogen and oxygen atoms in total. The molecule has 2 heterocycles. The zero-order valence-corrected chi connectivity index (χ0v) is 15.9. The number of aromatic nitrogens is 3. The van der Waals surface area contributed by atoms with Crippen LogP contribution in [0.2, 0.25) is 0 Å². The van der Waals surface area contributed by atoms with E-state index in [0.29, 0.717) is 28.7 Å². The molecule has 5 rings (SSSR count). The third kappa shape index (κ3) is 3.20. The van der Waals surface area contributed by atoms with Crippen LogP contribution in [0, 0.1) is 5.82 Å². The quantitative estimate of drug-likeness (QED) is 0.459. The lowest BCUT2D eigenvalue weighted by Gasteiger charge is -2.09. The molecule has 0 bridgehead atoms. The Hall–Kier alpha value is -2.67. The monoisotopic (exact) mass is 395 g/mol. The van der Waals surface area contributed by atoms with Crippen LogP contribution in [0.5, 0.6) is 5.75 Å². The number of carbonyl (C=O) groups excluding carboxylic acids is 1. The van der Waals surface area contributed by atoms with Gasteiger partial charge >= 0.3 is 0 Å². The van der Waals surface area contributed by atoms with Crippen LogP contribution in [0.3, 0.4) is 0 Å². The number of thioether (sulfide) groups is 1. The van der Waals surface area contributed by atoms with Gasteiger partial charge in [-0.15, -0.1) is 10.2 Å². The maximum Gasteiger partial charge on any atom is 0.192 e. The molecule has 0 spiro atoms. The van der Waals surface area contributed by atoms with E-state index >= 15 is 0 Å². The van der Waals surface area contributed by atoms with Crippen LogP contribution >= 0.6 is 11.8 Å². The van der Waals surface area contributed by atoms with Crippen LogP contribution in [-0.4, -0.2) is 32.9 Å². The molecule has 0 N–H and O–H groups in total. The fourth-order valence-electron chi connectivity index (χ4n) is 3.44. The van der Waals surface area contributed by atoms with Gasteiger partial charge in [-0.25, -0.2) is 4.39 Å². The number of hydrogen-bond donors (Lipinski definition) is 0. The van der Waals surface area contributed by atoms with Crippen LogP contribution in [0.15, 0.2) is 47.6 Å². The molecule has 0 amide bonds. The summed E-state index contributed by atoms with van der Waals surface area (Å²) in [5.41, 5.74) is 2.21. The first-order valence-corrected chi connectivity index (χ1v) is 10.3. The lowest BCUT2D eigenvalue weighted by molar-refractivity contribution is 0.102. The molecule has 0 atom stereocenters. The first-order valence-electron chi connectivity index (χ1n) is 9.32. The van der Waals surface area contributed by atoms with Crippen LogP contribution in [0.4, 0.5) is 4.39 Å². The van der Waals surface area contributed by atoms with Gasteiger partial charge in [0.1, 0.15) is 11.6 Å². The van der Waals surface area contributed by atoms with Crippen molar-refractivity contribution in [1.82, 2.24) is 14.8 Å². The maximum absolute atomic E-state index is 14.2. The first-order chi connectivity index (χ1) is 13.7. The summed E-state index contributed by atoms with van der Waals surface area (Å²) in [6.45, 7) is 0.672. The highest BCUT2D eigenvalue weighted by Gasteiger charge is 2.31. The molecule has 2 aromatic carbocycles.